The van der Waals surface area contributed by atoms with Gasteiger partial charge in [-0.2, -0.15) is 8.96 Å². The van der Waals surface area contributed by atoms with Gasteiger partial charge in [0.15, 0.2) is 68.6 Å². The van der Waals surface area contributed by atoms with Crippen LogP contribution in [0.4, 0.5) is 34.1 Å². The maximum atomic E-state index is 12.8. The van der Waals surface area contributed by atoms with Crippen molar-refractivity contribution in [3.8, 4) is 97.7 Å². The number of carbonyl (C=O) groups excluding carboxylic acids is 6. The zero-order valence-electron chi connectivity index (χ0n) is 81.5. The number of halogens is 1. The molecule has 1 atom stereocenters. The van der Waals surface area contributed by atoms with E-state index in [-0.39, 0.29) is 72.0 Å². The van der Waals surface area contributed by atoms with Crippen molar-refractivity contribution in [2.45, 2.75) is 39.8 Å². The molecule has 1 amide bonds. The number of aromatic nitrogens is 3. The topological polar surface area (TPSA) is 436 Å². The number of methoxy groups -OCH3 is 13. The summed E-state index contributed by atoms with van der Waals surface area (Å²) in [6.07, 6.45) is 8.65. The molecule has 10 aromatic carbocycles. The predicted octanol–water partition coefficient (Wildman–Crippen LogP) is 19.6. The predicted molar refractivity (Wildman–Crippen MR) is 533 cm³/mol. The molecule has 38 heteroatoms. The Kier molecular flexibility index (Phi) is 39.5. The largest absolute Gasteiger partial charge is 0.514 e. The van der Waals surface area contributed by atoms with E-state index in [9.17, 15) is 52.3 Å². The smallest absolute Gasteiger partial charge is 0.501 e. The van der Waals surface area contributed by atoms with E-state index < -0.39 is 53.5 Å². The van der Waals surface area contributed by atoms with Crippen LogP contribution in [0.2, 0.25) is 0 Å². The van der Waals surface area contributed by atoms with Gasteiger partial charge in [-0.25, -0.2) is 38.5 Å². The number of allylic oxidation sites excluding steroid dienone is 4. The number of aromatic amines is 1. The van der Waals surface area contributed by atoms with Gasteiger partial charge < -0.3 is 108 Å². The lowest BCUT2D eigenvalue weighted by molar-refractivity contribution is 0.0860. The Bertz CT molecular complexity index is 7240. The fourth-order valence-electron chi connectivity index (χ4n) is 13.7. The van der Waals surface area contributed by atoms with Crippen molar-refractivity contribution in [1.82, 2.24) is 14.5 Å². The molecule has 0 bridgehead atoms. The number of amides is 1. The molecule has 37 nitrogen and oxygen atoms in total. The first kappa shape index (κ1) is 108. The first-order chi connectivity index (χ1) is 70.6. The Morgan fingerprint density at radius 2 is 0.938 bits per heavy atom. The molecule has 1 aliphatic heterocycles. The summed E-state index contributed by atoms with van der Waals surface area (Å²) in [5.41, 5.74) is 5.86. The first-order valence-corrected chi connectivity index (χ1v) is 43.9. The van der Waals surface area contributed by atoms with E-state index in [1.54, 1.807) is 194 Å². The van der Waals surface area contributed by atoms with Crippen molar-refractivity contribution in [2.75, 3.05) is 104 Å². The summed E-state index contributed by atoms with van der Waals surface area (Å²) in [7, 11) is 19.9. The van der Waals surface area contributed by atoms with Crippen LogP contribution in [0.5, 0.6) is 86.2 Å². The minimum Gasteiger partial charge on any atom is -0.501 e. The number of ketones is 1. The van der Waals surface area contributed by atoms with Gasteiger partial charge >= 0.3 is 42.0 Å². The van der Waals surface area contributed by atoms with E-state index in [4.69, 9.17) is 108 Å². The van der Waals surface area contributed by atoms with Gasteiger partial charge in [-0.1, -0.05) is 91.0 Å². The molecule has 2 aliphatic carbocycles. The number of rotatable bonds is 32. The second-order valence-electron chi connectivity index (χ2n) is 30.5. The van der Waals surface area contributed by atoms with Gasteiger partial charge in [-0.05, 0) is 197 Å². The average Bonchev–Trinajstić information content (AvgIpc) is 0.441. The van der Waals surface area contributed by atoms with E-state index >= 15 is 0 Å². The lowest BCUT2D eigenvalue weighted by atomic mass is 10.0. The number of hydrogen-bond donors (Lipinski definition) is 2. The SMILES string of the molecule is COC1=CC=CC(COC(=O)Oc2cc(/C=C/C(=O)c3cc(OC)c(OC)c(OC)c3)ccc2OC)C1.COc1cccc(COC(=O)Nc2ccc3c(C)cc(=O)oc3c2)c1.COc1cccc(COC(=O)Oc2cc(/C=C\c3cc(OC)c(OC)c(OC)c3)ccc2OC)c1.COc1cccc(COC(=O)Oc2ccc3nc4ccc(=O)cc-4oc3c2)c1.COc1cccc(COC(=O)n2c(=O)cc(F)[nH]c2=O)c1. The molecule has 146 heavy (non-hydrogen) atoms. The number of aryl methyl sites for hydroxylation is 1. The van der Waals surface area contributed by atoms with Crippen LogP contribution in [0, 0.1) is 18.8 Å². The first-order valence-electron chi connectivity index (χ1n) is 43.9. The van der Waals surface area contributed by atoms with Crippen LogP contribution < -0.4 is 98.7 Å². The molecule has 2 N–H and O–H groups in total. The van der Waals surface area contributed by atoms with Crippen molar-refractivity contribution in [3.63, 3.8) is 0 Å². The summed E-state index contributed by atoms with van der Waals surface area (Å²) < 4.78 is 134. The van der Waals surface area contributed by atoms with Crippen molar-refractivity contribution in [3.05, 3.63) is 352 Å². The molecule has 0 spiro atoms. The number of carbonyl (C=O) groups is 6. The highest BCUT2D eigenvalue weighted by Crippen LogP contribution is 2.41. The fraction of sp³-hybridized carbons (Fsp3) is 0.194. The minimum absolute atomic E-state index is 0.00937. The van der Waals surface area contributed by atoms with Gasteiger partial charge in [0.2, 0.25) is 17.4 Å². The molecule has 0 saturated carbocycles. The van der Waals surface area contributed by atoms with Crippen molar-refractivity contribution >= 4 is 82.4 Å². The molecule has 0 fully saturated rings. The van der Waals surface area contributed by atoms with E-state index in [1.807, 2.05) is 98.0 Å². The van der Waals surface area contributed by atoms with E-state index in [2.05, 4.69) is 10.3 Å². The minimum atomic E-state index is -1.20. The molecule has 15 rings (SSSR count). The number of nitrogens with one attached hydrogen (secondary N) is 2. The summed E-state index contributed by atoms with van der Waals surface area (Å²) in [6.45, 7) is 2.01. The van der Waals surface area contributed by atoms with Crippen LogP contribution in [0.15, 0.2) is 283 Å². The van der Waals surface area contributed by atoms with Crippen LogP contribution in [0.1, 0.15) is 61.3 Å². The number of ether oxygens (including phenoxy) is 21. The zero-order valence-corrected chi connectivity index (χ0v) is 81.5. The monoisotopic (exact) mass is 2000 g/mol. The second kappa shape index (κ2) is 53.6. The molecule has 758 valence electrons. The van der Waals surface area contributed by atoms with Gasteiger partial charge in [0, 0.05) is 53.2 Å². The Morgan fingerprint density at radius 1 is 0.438 bits per heavy atom. The summed E-state index contributed by atoms with van der Waals surface area (Å²) in [5, 5.41) is 3.43. The van der Waals surface area contributed by atoms with Crippen molar-refractivity contribution < 1.29 is 141 Å². The highest BCUT2D eigenvalue weighted by molar-refractivity contribution is 6.07. The maximum absolute atomic E-state index is 12.8. The van der Waals surface area contributed by atoms with E-state index in [0.717, 1.165) is 44.5 Å². The number of benzene rings is 11. The molecule has 0 saturated heterocycles. The zero-order chi connectivity index (χ0) is 105. The van der Waals surface area contributed by atoms with Crippen LogP contribution in [-0.2, 0) is 54.8 Å². The fourth-order valence-corrected chi connectivity index (χ4v) is 13.7. The van der Waals surface area contributed by atoms with Gasteiger partial charge in [-0.3, -0.25) is 24.7 Å². The number of hydrogen-bond acceptors (Lipinski definition) is 34. The lowest BCUT2D eigenvalue weighted by Crippen LogP contribution is -2.40. The van der Waals surface area contributed by atoms with Gasteiger partial charge in [0.1, 0.15) is 78.6 Å². The van der Waals surface area contributed by atoms with E-state index in [1.165, 1.54) is 73.0 Å². The number of anilines is 1. The molecular formula is C108H101FN4O33. The standard InChI is InChI=1S/C28H30O9.C27H28O8.C21H15NO6.C19H17NO5.C13H11FN2O5/c1-31-21-8-6-7-19(13-21)17-36-28(30)37-24-14-18(10-12-23(24)32-2)9-11-22(29)20-15-25(33-3)27(35-5)26(16-20)34-4;1-29-21-8-6-7-20(13-21)17-34-27(28)35-23-14-18(11-12-22(23)30-2)9-10-19-15-24(31-3)26(33-5)25(16-19)32-4;1-25-15-4-2-3-13(9-15)12-26-21(24)27-16-6-8-18-20(11-16)28-19-10-14(23)5-7-17(19)22-18;1-12-8-18(21)25-17-10-14(6-7-16(12)17)20-19(22)24-11-13-4-3-5-15(9-13)23-2;1-20-9-4-2-3-8(5-9)7-21-13(19)16-11(17)6-10(14)15-12(16)18/h6-12,14-16,19H,13,17H2,1-5H3;6-16H,17H2,1-5H3;2-11H,12H2,1H3;3-10H,11H2,1-2H3,(H,20,22);2-6H,7H2,1H3,(H,15,18)/b11-9+;10-9-;;;. The van der Waals surface area contributed by atoms with Crippen LogP contribution in [-0.4, -0.2) is 150 Å². The lowest BCUT2D eigenvalue weighted by Gasteiger charge is -2.17. The second-order valence-corrected chi connectivity index (χ2v) is 30.5. The van der Waals surface area contributed by atoms with Crippen LogP contribution >= 0.6 is 0 Å². The van der Waals surface area contributed by atoms with Crippen molar-refractivity contribution in [1.29, 1.82) is 0 Å². The Labute approximate surface area is 834 Å². The number of H-pyrrole nitrogens is 1. The van der Waals surface area contributed by atoms with Crippen molar-refractivity contribution in [2.24, 2.45) is 5.92 Å². The third kappa shape index (κ3) is 31.1. The van der Waals surface area contributed by atoms with E-state index in [0.29, 0.717) is 132 Å². The third-order valence-electron chi connectivity index (χ3n) is 20.9. The summed E-state index contributed by atoms with van der Waals surface area (Å²) in [4.78, 5) is 125. The average molecular weight is 2000 g/mol. The van der Waals surface area contributed by atoms with Gasteiger partial charge in [0.25, 0.3) is 5.56 Å². The quantitative estimate of drug-likeness (QED) is 0.00455. The normalized spacial score (nSPS) is 11.5. The Morgan fingerprint density at radius 3 is 1.46 bits per heavy atom. The Hall–Kier alpha value is -18.8. The molecular weight excluding hydrogens is 1900 g/mol. The molecule has 12 aromatic rings. The summed E-state index contributed by atoms with van der Waals surface area (Å²) in [6, 6.07) is 61.5. The third-order valence-corrected chi connectivity index (χ3v) is 20.9. The highest BCUT2D eigenvalue weighted by Gasteiger charge is 2.23. The molecule has 3 aliphatic rings. The number of nitrogens with zero attached hydrogens (tertiary/aromatic N) is 2. The van der Waals surface area contributed by atoms with Crippen LogP contribution in [0.3, 0.4) is 0 Å². The molecule has 1 unspecified atom stereocenters. The molecule has 0 radical (unpaired) electrons. The summed E-state index contributed by atoms with van der Waals surface area (Å²) in [5.74, 6) is 6.47. The molecule has 3 heterocycles. The summed E-state index contributed by atoms with van der Waals surface area (Å²) >= 11 is 0. The highest BCUT2D eigenvalue weighted by atomic mass is 19.1. The molecule has 2 aromatic heterocycles. The van der Waals surface area contributed by atoms with Gasteiger partial charge in [0.05, 0.1) is 104 Å². The Balaban J connectivity index is 0.000000176. The maximum Gasteiger partial charge on any atom is 0.514 e. The van der Waals surface area contributed by atoms with Crippen LogP contribution in [0.25, 0.3) is 51.8 Å². The van der Waals surface area contributed by atoms with Gasteiger partial charge in [-0.15, -0.1) is 0 Å². The number of fused-ring (bicyclic) bond motifs is 3.